The van der Waals surface area contributed by atoms with Crippen LogP contribution in [-0.4, -0.2) is 53.1 Å². The molecule has 0 bridgehead atoms. The van der Waals surface area contributed by atoms with Gasteiger partial charge in [-0.2, -0.15) is 0 Å². The minimum Gasteiger partial charge on any atom is -0.481 e. The van der Waals surface area contributed by atoms with E-state index in [-0.39, 0.29) is 18.4 Å². The number of likely N-dealkylation sites (tertiary alicyclic amines) is 1. The van der Waals surface area contributed by atoms with Crippen molar-refractivity contribution in [2.24, 2.45) is 5.92 Å². The van der Waals surface area contributed by atoms with Crippen molar-refractivity contribution in [1.29, 1.82) is 0 Å². The number of urea groups is 1. The number of amides is 2. The molecule has 0 aromatic heterocycles. The summed E-state index contributed by atoms with van der Waals surface area (Å²) in [7, 11) is 1.86. The highest BCUT2D eigenvalue weighted by molar-refractivity contribution is 5.75. The van der Waals surface area contributed by atoms with Crippen molar-refractivity contribution in [1.82, 2.24) is 9.80 Å². The first kappa shape index (κ1) is 12.2. The van der Waals surface area contributed by atoms with Gasteiger partial charge in [0.05, 0.1) is 0 Å². The molecule has 2 fully saturated rings. The van der Waals surface area contributed by atoms with Crippen molar-refractivity contribution in [2.45, 2.75) is 38.1 Å². The summed E-state index contributed by atoms with van der Waals surface area (Å²) < 4.78 is 0. The van der Waals surface area contributed by atoms with E-state index in [1.807, 2.05) is 11.9 Å². The van der Waals surface area contributed by atoms with Gasteiger partial charge in [0.2, 0.25) is 0 Å². The van der Waals surface area contributed by atoms with E-state index in [2.05, 4.69) is 0 Å². The van der Waals surface area contributed by atoms with Gasteiger partial charge in [0.15, 0.2) is 0 Å². The Balaban J connectivity index is 1.82. The maximum atomic E-state index is 12.1. The number of carbonyl (C=O) groups excluding carboxylic acids is 1. The smallest absolute Gasteiger partial charge is 0.319 e. The number of carboxylic acid groups (broad SMARTS) is 1. The van der Waals surface area contributed by atoms with Crippen molar-refractivity contribution in [2.75, 3.05) is 20.1 Å². The fourth-order valence-electron chi connectivity index (χ4n) is 2.57. The molecule has 0 aromatic rings. The Morgan fingerprint density at radius 3 is 2.59 bits per heavy atom. The van der Waals surface area contributed by atoms with Gasteiger partial charge in [0.1, 0.15) is 0 Å². The fraction of sp³-hybridized carbons (Fsp3) is 0.833. The molecule has 1 atom stereocenters. The summed E-state index contributed by atoms with van der Waals surface area (Å²) in [6, 6.07) is 0.476. The van der Waals surface area contributed by atoms with Crippen LogP contribution in [0.25, 0.3) is 0 Å². The third-order valence-corrected chi connectivity index (χ3v) is 3.94. The molecule has 5 heteroatoms. The van der Waals surface area contributed by atoms with Crippen molar-refractivity contribution in [3.05, 3.63) is 0 Å². The zero-order valence-corrected chi connectivity index (χ0v) is 10.3. The highest BCUT2D eigenvalue weighted by atomic mass is 16.4. The molecule has 96 valence electrons. The molecular weight excluding hydrogens is 220 g/mol. The summed E-state index contributed by atoms with van der Waals surface area (Å²) >= 11 is 0. The van der Waals surface area contributed by atoms with Crippen LogP contribution in [-0.2, 0) is 4.79 Å². The van der Waals surface area contributed by atoms with Gasteiger partial charge in [-0.1, -0.05) is 0 Å². The molecule has 5 nitrogen and oxygen atoms in total. The molecule has 1 N–H and O–H groups in total. The van der Waals surface area contributed by atoms with E-state index in [4.69, 9.17) is 5.11 Å². The van der Waals surface area contributed by atoms with Gasteiger partial charge in [-0.25, -0.2) is 4.79 Å². The summed E-state index contributed by atoms with van der Waals surface area (Å²) in [6.07, 6.45) is 4.42. The first-order chi connectivity index (χ1) is 8.08. The second kappa shape index (κ2) is 4.94. The van der Waals surface area contributed by atoms with E-state index in [1.165, 1.54) is 6.42 Å². The van der Waals surface area contributed by atoms with E-state index in [0.717, 1.165) is 19.3 Å². The Hall–Kier alpha value is -1.26. The topological polar surface area (TPSA) is 60.9 Å². The van der Waals surface area contributed by atoms with Gasteiger partial charge in [-0.3, -0.25) is 4.79 Å². The largest absolute Gasteiger partial charge is 0.481 e. The predicted molar refractivity (Wildman–Crippen MR) is 62.7 cm³/mol. The van der Waals surface area contributed by atoms with Crippen molar-refractivity contribution >= 4 is 12.0 Å². The number of carbonyl (C=O) groups is 2. The third kappa shape index (κ3) is 2.70. The van der Waals surface area contributed by atoms with E-state index in [9.17, 15) is 9.59 Å². The van der Waals surface area contributed by atoms with Gasteiger partial charge >= 0.3 is 12.0 Å². The lowest BCUT2D eigenvalue weighted by molar-refractivity contribution is -0.138. The molecule has 0 radical (unpaired) electrons. The summed E-state index contributed by atoms with van der Waals surface area (Å²) in [5.74, 6) is -0.636. The maximum absolute atomic E-state index is 12.1. The van der Waals surface area contributed by atoms with Crippen LogP contribution in [0, 0.1) is 5.92 Å². The van der Waals surface area contributed by atoms with Gasteiger partial charge in [0, 0.05) is 32.6 Å². The first-order valence-corrected chi connectivity index (χ1v) is 6.31. The number of carboxylic acids is 1. The van der Waals surface area contributed by atoms with Crippen LogP contribution in [0.5, 0.6) is 0 Å². The second-order valence-corrected chi connectivity index (χ2v) is 5.18. The summed E-state index contributed by atoms with van der Waals surface area (Å²) in [4.78, 5) is 26.4. The number of hydrogen-bond donors (Lipinski definition) is 1. The molecule has 2 amide bonds. The molecular formula is C12H20N2O3. The zero-order chi connectivity index (χ0) is 12.4. The standard InChI is InChI=1S/C12H20N2O3/c1-13(10-3-2-4-10)12(17)14-6-5-9(8-14)7-11(15)16/h9-10H,2-8H2,1H3,(H,15,16). The highest BCUT2D eigenvalue weighted by Crippen LogP contribution is 2.26. The molecule has 0 spiro atoms. The summed E-state index contributed by atoms with van der Waals surface area (Å²) in [5.41, 5.74) is 0. The quantitative estimate of drug-likeness (QED) is 0.810. The van der Waals surface area contributed by atoms with Crippen LogP contribution in [0.15, 0.2) is 0 Å². The second-order valence-electron chi connectivity index (χ2n) is 5.18. The average molecular weight is 240 g/mol. The number of aliphatic carboxylic acids is 1. The molecule has 1 heterocycles. The van der Waals surface area contributed by atoms with Crippen molar-refractivity contribution in [3.8, 4) is 0 Å². The van der Waals surface area contributed by atoms with Crippen LogP contribution in [0.4, 0.5) is 4.79 Å². The van der Waals surface area contributed by atoms with Crippen molar-refractivity contribution in [3.63, 3.8) is 0 Å². The van der Waals surface area contributed by atoms with Crippen LogP contribution in [0.1, 0.15) is 32.1 Å². The molecule has 1 unspecified atom stereocenters. The monoisotopic (exact) mass is 240 g/mol. The van der Waals surface area contributed by atoms with Gasteiger partial charge in [0.25, 0.3) is 0 Å². The Kier molecular flexibility index (Phi) is 3.54. The fourth-order valence-corrected chi connectivity index (χ4v) is 2.57. The Morgan fingerprint density at radius 2 is 2.06 bits per heavy atom. The lowest BCUT2D eigenvalue weighted by Gasteiger charge is -2.37. The van der Waals surface area contributed by atoms with Gasteiger partial charge in [-0.15, -0.1) is 0 Å². The van der Waals surface area contributed by atoms with E-state index in [1.54, 1.807) is 4.90 Å². The molecule has 1 aliphatic heterocycles. The molecule has 17 heavy (non-hydrogen) atoms. The highest BCUT2D eigenvalue weighted by Gasteiger charge is 2.33. The maximum Gasteiger partial charge on any atom is 0.319 e. The predicted octanol–water partition coefficient (Wildman–Crippen LogP) is 1.39. The van der Waals surface area contributed by atoms with E-state index < -0.39 is 5.97 Å². The molecule has 1 saturated heterocycles. The average Bonchev–Trinajstić information content (AvgIpc) is 2.61. The molecule has 2 rings (SSSR count). The molecule has 1 saturated carbocycles. The Bertz CT molecular complexity index is 315. The van der Waals surface area contributed by atoms with Crippen molar-refractivity contribution < 1.29 is 14.7 Å². The SMILES string of the molecule is CN(C(=O)N1CCC(CC(=O)O)C1)C1CCC1. The minimum atomic E-state index is -0.767. The Labute approximate surface area is 101 Å². The molecule has 0 aromatic carbocycles. The minimum absolute atomic E-state index is 0.0718. The number of hydrogen-bond acceptors (Lipinski definition) is 2. The summed E-state index contributed by atoms with van der Waals surface area (Å²) in [6.45, 7) is 1.30. The van der Waals surface area contributed by atoms with Crippen LogP contribution in [0.3, 0.4) is 0 Å². The normalized spacial score (nSPS) is 24.5. The van der Waals surface area contributed by atoms with Gasteiger partial charge in [-0.05, 0) is 31.6 Å². The number of nitrogens with zero attached hydrogens (tertiary/aromatic N) is 2. The first-order valence-electron chi connectivity index (χ1n) is 6.31. The third-order valence-electron chi connectivity index (χ3n) is 3.94. The van der Waals surface area contributed by atoms with Crippen LogP contribution < -0.4 is 0 Å². The summed E-state index contributed by atoms with van der Waals surface area (Å²) in [5, 5.41) is 8.73. The zero-order valence-electron chi connectivity index (χ0n) is 10.3. The Morgan fingerprint density at radius 1 is 1.35 bits per heavy atom. The van der Waals surface area contributed by atoms with Crippen LogP contribution in [0.2, 0.25) is 0 Å². The lowest BCUT2D eigenvalue weighted by Crippen LogP contribution is -2.47. The van der Waals surface area contributed by atoms with Gasteiger partial charge < -0.3 is 14.9 Å². The number of rotatable bonds is 3. The van der Waals surface area contributed by atoms with Crippen LogP contribution >= 0.6 is 0 Å². The molecule has 2 aliphatic rings. The van der Waals surface area contributed by atoms with E-state index in [0.29, 0.717) is 19.1 Å². The lowest BCUT2D eigenvalue weighted by atomic mass is 9.92. The van der Waals surface area contributed by atoms with E-state index >= 15 is 0 Å². The molecule has 1 aliphatic carbocycles.